The summed E-state index contributed by atoms with van der Waals surface area (Å²) in [6, 6.07) is 8.10. The molecule has 1 heterocycles. The van der Waals surface area contributed by atoms with Gasteiger partial charge in [-0.2, -0.15) is 0 Å². The van der Waals surface area contributed by atoms with Crippen LogP contribution in [0.3, 0.4) is 0 Å². The summed E-state index contributed by atoms with van der Waals surface area (Å²) in [5.74, 6) is 2.42. The molecule has 1 aromatic carbocycles. The molecule has 6 nitrogen and oxygen atoms in total. The van der Waals surface area contributed by atoms with Gasteiger partial charge in [0.25, 0.3) is 0 Å². The van der Waals surface area contributed by atoms with Crippen molar-refractivity contribution in [2.24, 2.45) is 10.9 Å². The Morgan fingerprint density at radius 1 is 1.35 bits per heavy atom. The molecule has 0 aliphatic carbocycles. The number of nitrogens with zero attached hydrogens (tertiary/aromatic N) is 2. The van der Waals surface area contributed by atoms with Crippen molar-refractivity contribution in [1.29, 1.82) is 0 Å². The third kappa shape index (κ3) is 6.50. The molecule has 2 rings (SSSR count). The van der Waals surface area contributed by atoms with Crippen LogP contribution < -0.4 is 10.1 Å². The van der Waals surface area contributed by atoms with Crippen molar-refractivity contribution >= 4 is 5.96 Å². The molecule has 0 radical (unpaired) electrons. The van der Waals surface area contributed by atoms with E-state index < -0.39 is 0 Å². The van der Waals surface area contributed by atoms with E-state index in [1.807, 2.05) is 25.2 Å². The predicted octanol–water partition coefficient (Wildman–Crippen LogP) is 2.32. The zero-order valence-corrected chi connectivity index (χ0v) is 16.5. The first kappa shape index (κ1) is 20.5. The molecular weight excluding hydrogens is 330 g/mol. The van der Waals surface area contributed by atoms with Crippen LogP contribution in [0.25, 0.3) is 0 Å². The van der Waals surface area contributed by atoms with E-state index in [0.29, 0.717) is 25.7 Å². The molecule has 26 heavy (non-hydrogen) atoms. The minimum atomic E-state index is 0.0589. The Kier molecular flexibility index (Phi) is 8.71. The molecule has 2 unspecified atom stereocenters. The van der Waals surface area contributed by atoms with Crippen molar-refractivity contribution in [2.75, 3.05) is 53.6 Å². The Balaban J connectivity index is 1.73. The van der Waals surface area contributed by atoms with E-state index in [1.165, 1.54) is 0 Å². The van der Waals surface area contributed by atoms with Gasteiger partial charge in [0.2, 0.25) is 0 Å². The average Bonchev–Trinajstić information content (AvgIpc) is 3.10. The fourth-order valence-electron chi connectivity index (χ4n) is 3.07. The van der Waals surface area contributed by atoms with E-state index in [-0.39, 0.29) is 6.10 Å². The molecule has 1 fully saturated rings. The molecule has 1 aromatic rings. The largest absolute Gasteiger partial charge is 0.489 e. The second kappa shape index (κ2) is 11.0. The van der Waals surface area contributed by atoms with E-state index in [0.717, 1.165) is 43.4 Å². The topological polar surface area (TPSA) is 55.3 Å². The third-order valence-electron chi connectivity index (χ3n) is 4.55. The second-order valence-electron chi connectivity index (χ2n) is 6.79. The van der Waals surface area contributed by atoms with Crippen LogP contribution in [0.4, 0.5) is 0 Å². The average molecular weight is 364 g/mol. The molecule has 1 aliphatic heterocycles. The molecule has 0 spiro atoms. The number of nitrogens with one attached hydrogen (secondary N) is 1. The number of aliphatic imine (C=N–C) groups is 1. The van der Waals surface area contributed by atoms with Crippen LogP contribution in [0, 0.1) is 12.8 Å². The molecule has 1 saturated heterocycles. The van der Waals surface area contributed by atoms with Crippen LogP contribution in [0.1, 0.15) is 18.9 Å². The first-order chi connectivity index (χ1) is 12.6. The lowest BCUT2D eigenvalue weighted by atomic mass is 10.1. The fraction of sp³-hybridized carbons (Fsp3) is 0.650. The lowest BCUT2D eigenvalue weighted by molar-refractivity contribution is 0.0536. The monoisotopic (exact) mass is 363 g/mol. The number of ether oxygens (including phenoxy) is 3. The summed E-state index contributed by atoms with van der Waals surface area (Å²) in [6.07, 6.45) is 1.19. The summed E-state index contributed by atoms with van der Waals surface area (Å²) in [5.41, 5.74) is 1.15. The number of benzene rings is 1. The van der Waals surface area contributed by atoms with Gasteiger partial charge in [-0.15, -0.1) is 0 Å². The molecule has 2 atom stereocenters. The minimum absolute atomic E-state index is 0.0589. The number of guanidine groups is 1. The lowest BCUT2D eigenvalue weighted by Crippen LogP contribution is -2.43. The molecule has 0 bridgehead atoms. The number of para-hydroxylation sites is 1. The maximum Gasteiger partial charge on any atom is 0.193 e. The van der Waals surface area contributed by atoms with Crippen LogP contribution in [0.2, 0.25) is 0 Å². The van der Waals surface area contributed by atoms with Crippen molar-refractivity contribution in [3.8, 4) is 5.75 Å². The van der Waals surface area contributed by atoms with Crippen molar-refractivity contribution in [1.82, 2.24) is 10.2 Å². The van der Waals surface area contributed by atoms with Crippen molar-refractivity contribution < 1.29 is 14.2 Å². The summed E-state index contributed by atoms with van der Waals surface area (Å²) in [5, 5.41) is 3.44. The Bertz CT molecular complexity index is 565. The molecule has 146 valence electrons. The maximum atomic E-state index is 6.03. The Morgan fingerprint density at radius 3 is 2.88 bits per heavy atom. The Hall–Kier alpha value is -1.79. The highest BCUT2D eigenvalue weighted by molar-refractivity contribution is 5.80. The van der Waals surface area contributed by atoms with Gasteiger partial charge in [-0.1, -0.05) is 18.2 Å². The number of rotatable bonds is 9. The number of likely N-dealkylation sites (tertiary alicyclic amines) is 1. The summed E-state index contributed by atoms with van der Waals surface area (Å²) in [6.45, 7) is 8.92. The molecule has 0 amide bonds. The van der Waals surface area contributed by atoms with E-state index in [9.17, 15) is 0 Å². The Labute approximate surface area is 157 Å². The van der Waals surface area contributed by atoms with Gasteiger partial charge in [0.05, 0.1) is 26.4 Å². The zero-order chi connectivity index (χ0) is 18.8. The van der Waals surface area contributed by atoms with E-state index in [1.54, 1.807) is 7.11 Å². The predicted molar refractivity (Wildman–Crippen MR) is 105 cm³/mol. The van der Waals surface area contributed by atoms with Gasteiger partial charge >= 0.3 is 0 Å². The number of hydrogen-bond donors (Lipinski definition) is 1. The van der Waals surface area contributed by atoms with Gasteiger partial charge in [0.1, 0.15) is 11.9 Å². The van der Waals surface area contributed by atoms with Crippen molar-refractivity contribution in [3.63, 3.8) is 0 Å². The highest BCUT2D eigenvalue weighted by Crippen LogP contribution is 2.18. The standard InChI is InChI=1S/C20H33N3O3/c1-16-7-5-6-8-19(16)26-17(2)13-22-20(21-3)23-10-9-18(14-23)15-25-12-11-24-4/h5-8,17-18H,9-15H2,1-4H3,(H,21,22). The SMILES string of the molecule is CN=C(NCC(C)Oc1ccccc1C)N1CCC(COCCOC)C1. The van der Waals surface area contributed by atoms with Crippen LogP contribution in [-0.4, -0.2) is 70.6 Å². The van der Waals surface area contributed by atoms with Gasteiger partial charge in [-0.05, 0) is 31.9 Å². The van der Waals surface area contributed by atoms with Gasteiger partial charge in [-0.3, -0.25) is 4.99 Å². The molecule has 0 saturated carbocycles. The molecule has 1 aliphatic rings. The van der Waals surface area contributed by atoms with Gasteiger partial charge in [0, 0.05) is 33.2 Å². The summed E-state index contributed by atoms with van der Waals surface area (Å²) in [4.78, 5) is 6.72. The van der Waals surface area contributed by atoms with Gasteiger partial charge < -0.3 is 24.4 Å². The summed E-state index contributed by atoms with van der Waals surface area (Å²) in [7, 11) is 3.53. The quantitative estimate of drug-likeness (QED) is 0.415. The second-order valence-corrected chi connectivity index (χ2v) is 6.79. The fourth-order valence-corrected chi connectivity index (χ4v) is 3.07. The molecule has 1 N–H and O–H groups in total. The third-order valence-corrected chi connectivity index (χ3v) is 4.55. The maximum absolute atomic E-state index is 6.03. The van der Waals surface area contributed by atoms with E-state index in [2.05, 4.69) is 35.1 Å². The van der Waals surface area contributed by atoms with E-state index in [4.69, 9.17) is 14.2 Å². The van der Waals surface area contributed by atoms with E-state index >= 15 is 0 Å². The van der Waals surface area contributed by atoms with Gasteiger partial charge in [-0.25, -0.2) is 0 Å². The number of methoxy groups -OCH3 is 1. The molecular formula is C20H33N3O3. The number of aryl methyl sites for hydroxylation is 1. The highest BCUT2D eigenvalue weighted by atomic mass is 16.5. The first-order valence-electron chi connectivity index (χ1n) is 9.38. The molecule has 6 heteroatoms. The lowest BCUT2D eigenvalue weighted by Gasteiger charge is -2.24. The zero-order valence-electron chi connectivity index (χ0n) is 16.5. The normalized spacial score (nSPS) is 18.8. The summed E-state index contributed by atoms with van der Waals surface area (Å²) < 4.78 is 16.7. The van der Waals surface area contributed by atoms with Crippen LogP contribution in [0.15, 0.2) is 29.3 Å². The van der Waals surface area contributed by atoms with Crippen molar-refractivity contribution in [2.45, 2.75) is 26.4 Å². The van der Waals surface area contributed by atoms with Crippen LogP contribution in [-0.2, 0) is 9.47 Å². The highest BCUT2D eigenvalue weighted by Gasteiger charge is 2.25. The van der Waals surface area contributed by atoms with Gasteiger partial charge in [0.15, 0.2) is 5.96 Å². The first-order valence-corrected chi connectivity index (χ1v) is 9.38. The van der Waals surface area contributed by atoms with Crippen LogP contribution >= 0.6 is 0 Å². The summed E-state index contributed by atoms with van der Waals surface area (Å²) >= 11 is 0. The number of hydrogen-bond acceptors (Lipinski definition) is 4. The Morgan fingerprint density at radius 2 is 2.15 bits per heavy atom. The smallest absolute Gasteiger partial charge is 0.193 e. The molecule has 0 aromatic heterocycles. The van der Waals surface area contributed by atoms with Crippen LogP contribution in [0.5, 0.6) is 5.75 Å². The van der Waals surface area contributed by atoms with Crippen molar-refractivity contribution in [3.05, 3.63) is 29.8 Å². The minimum Gasteiger partial charge on any atom is -0.489 e.